The van der Waals surface area contributed by atoms with Gasteiger partial charge in [0.2, 0.25) is 0 Å². The molecule has 2 aromatic heterocycles. The van der Waals surface area contributed by atoms with Gasteiger partial charge in [0.05, 0.1) is 35.5 Å². The van der Waals surface area contributed by atoms with E-state index in [-0.39, 0.29) is 38.8 Å². The van der Waals surface area contributed by atoms with E-state index < -0.39 is 10.8 Å². The fraction of sp³-hybridized carbons (Fsp3) is 0.111. The van der Waals surface area contributed by atoms with E-state index in [0.29, 0.717) is 16.9 Å². The molecule has 0 aliphatic heterocycles. The molecule has 32 heavy (non-hydrogen) atoms. The molecule has 0 atom stereocenters. The normalized spacial score (nSPS) is 11.0. The minimum Gasteiger partial charge on any atom is -0.496 e. The summed E-state index contributed by atoms with van der Waals surface area (Å²) in [5, 5.41) is 18.3. The minimum absolute atomic E-state index is 0.0509. The molecule has 0 aliphatic carbocycles. The molecule has 3 aromatic rings. The number of rotatable bonds is 7. The van der Waals surface area contributed by atoms with Gasteiger partial charge in [0.1, 0.15) is 23.2 Å². The third kappa shape index (κ3) is 5.07. The van der Waals surface area contributed by atoms with Gasteiger partial charge in [-0.25, -0.2) is 10.4 Å². The Labute approximate surface area is 195 Å². The summed E-state index contributed by atoms with van der Waals surface area (Å²) >= 11 is 17.7. The van der Waals surface area contributed by atoms with E-state index >= 15 is 0 Å². The number of hydrogen-bond donors (Lipinski definition) is 2. The number of nitrogens with one attached hydrogen (secondary N) is 1. The SMILES string of the molecule is COc1ccc(C=NNC(=O)c2nc(Cl)c(Cl)c(N)c2Cl)cc1Cn1cc([N+](=O)[O-])cn1. The Morgan fingerprint density at radius 1 is 1.38 bits per heavy atom. The summed E-state index contributed by atoms with van der Waals surface area (Å²) in [6, 6.07) is 5.12. The number of amides is 1. The zero-order chi connectivity index (χ0) is 23.4. The van der Waals surface area contributed by atoms with Crippen molar-refractivity contribution in [3.8, 4) is 5.75 Å². The van der Waals surface area contributed by atoms with Crippen LogP contribution in [0.2, 0.25) is 15.2 Å². The number of hydrazone groups is 1. The van der Waals surface area contributed by atoms with Crippen molar-refractivity contribution < 1.29 is 14.5 Å². The number of nitrogen functional groups attached to an aromatic ring is 1. The van der Waals surface area contributed by atoms with E-state index in [2.05, 4.69) is 20.6 Å². The predicted molar refractivity (Wildman–Crippen MR) is 120 cm³/mol. The van der Waals surface area contributed by atoms with Crippen LogP contribution in [0.5, 0.6) is 5.75 Å². The molecule has 0 fully saturated rings. The van der Waals surface area contributed by atoms with E-state index in [0.717, 1.165) is 6.20 Å². The van der Waals surface area contributed by atoms with Crippen LogP contribution in [-0.4, -0.2) is 38.9 Å². The lowest BCUT2D eigenvalue weighted by atomic mass is 10.1. The van der Waals surface area contributed by atoms with Gasteiger partial charge in [0.25, 0.3) is 5.91 Å². The van der Waals surface area contributed by atoms with Crippen molar-refractivity contribution in [1.82, 2.24) is 20.2 Å². The Morgan fingerprint density at radius 3 is 2.78 bits per heavy atom. The molecule has 2 heterocycles. The molecular formula is C18H14Cl3N7O4. The van der Waals surface area contributed by atoms with Gasteiger partial charge in [-0.05, 0) is 23.8 Å². The van der Waals surface area contributed by atoms with E-state index in [1.165, 1.54) is 24.2 Å². The van der Waals surface area contributed by atoms with E-state index in [1.54, 1.807) is 18.2 Å². The number of anilines is 1. The smallest absolute Gasteiger partial charge is 0.307 e. The summed E-state index contributed by atoms with van der Waals surface area (Å²) in [4.78, 5) is 26.4. The number of nitrogens with two attached hydrogens (primary N) is 1. The molecule has 0 spiro atoms. The van der Waals surface area contributed by atoms with E-state index in [9.17, 15) is 14.9 Å². The number of carbonyl (C=O) groups excluding carboxylic acids is 1. The van der Waals surface area contributed by atoms with Gasteiger partial charge in [0, 0.05) is 5.56 Å². The average molecular weight is 499 g/mol. The van der Waals surface area contributed by atoms with Crippen LogP contribution in [0.4, 0.5) is 11.4 Å². The van der Waals surface area contributed by atoms with Gasteiger partial charge in [0.15, 0.2) is 10.8 Å². The second kappa shape index (κ2) is 9.81. The number of ether oxygens (including phenoxy) is 1. The fourth-order valence-corrected chi connectivity index (χ4v) is 3.20. The van der Waals surface area contributed by atoms with Crippen molar-refractivity contribution >= 4 is 58.3 Å². The molecule has 0 saturated carbocycles. The summed E-state index contributed by atoms with van der Waals surface area (Å²) < 4.78 is 6.73. The number of benzene rings is 1. The van der Waals surface area contributed by atoms with Crippen LogP contribution in [0.3, 0.4) is 0 Å². The van der Waals surface area contributed by atoms with Gasteiger partial charge < -0.3 is 10.5 Å². The van der Waals surface area contributed by atoms with Crippen molar-refractivity contribution in [2.45, 2.75) is 6.54 Å². The maximum atomic E-state index is 12.3. The van der Waals surface area contributed by atoms with Crippen molar-refractivity contribution in [3.63, 3.8) is 0 Å². The van der Waals surface area contributed by atoms with E-state index in [4.69, 9.17) is 45.3 Å². The van der Waals surface area contributed by atoms with Gasteiger partial charge in [-0.1, -0.05) is 34.8 Å². The lowest BCUT2D eigenvalue weighted by Crippen LogP contribution is -2.20. The molecule has 3 N–H and O–H groups in total. The number of methoxy groups -OCH3 is 1. The number of nitro groups is 1. The third-order valence-electron chi connectivity index (χ3n) is 4.13. The monoisotopic (exact) mass is 497 g/mol. The number of pyridine rings is 1. The summed E-state index contributed by atoms with van der Waals surface area (Å²) in [6.07, 6.45) is 3.84. The number of nitrogens with zero attached hydrogens (tertiary/aromatic N) is 5. The standard InChI is InChI=1S/C18H14Cl3N7O4/c1-32-12-3-2-9(4-10(12)7-27-8-11(6-24-27)28(30)31)5-23-26-18(29)16-13(19)15(22)14(20)17(21)25-16/h2-6,8H,7H2,1H3,(H2,22,25)(H,26,29). The Kier molecular flexibility index (Phi) is 7.13. The third-order valence-corrected chi connectivity index (χ3v) is 5.27. The first kappa shape index (κ1) is 23.3. The van der Waals surface area contributed by atoms with Crippen molar-refractivity contribution in [3.05, 3.63) is 72.7 Å². The molecule has 0 bridgehead atoms. The second-order valence-corrected chi connectivity index (χ2v) is 7.33. The maximum Gasteiger partial charge on any atom is 0.307 e. The number of hydrogen-bond acceptors (Lipinski definition) is 8. The van der Waals surface area contributed by atoms with Crippen LogP contribution in [-0.2, 0) is 6.54 Å². The van der Waals surface area contributed by atoms with Crippen molar-refractivity contribution in [2.24, 2.45) is 5.10 Å². The zero-order valence-electron chi connectivity index (χ0n) is 16.3. The molecule has 14 heteroatoms. The number of halogens is 3. The molecular weight excluding hydrogens is 485 g/mol. The quantitative estimate of drug-likeness (QED) is 0.219. The van der Waals surface area contributed by atoms with Gasteiger partial charge in [-0.15, -0.1) is 0 Å². The van der Waals surface area contributed by atoms with Gasteiger partial charge in [-0.2, -0.15) is 10.2 Å². The van der Waals surface area contributed by atoms with Crippen LogP contribution in [0.1, 0.15) is 21.6 Å². The van der Waals surface area contributed by atoms with Crippen LogP contribution >= 0.6 is 34.8 Å². The topological polar surface area (TPSA) is 151 Å². The first-order valence-corrected chi connectivity index (χ1v) is 9.81. The molecule has 0 radical (unpaired) electrons. The minimum atomic E-state index is -0.742. The molecule has 1 aromatic carbocycles. The molecule has 1 amide bonds. The molecule has 0 unspecified atom stereocenters. The highest BCUT2D eigenvalue weighted by atomic mass is 35.5. The van der Waals surface area contributed by atoms with Crippen molar-refractivity contribution in [2.75, 3.05) is 12.8 Å². The number of aromatic nitrogens is 3. The van der Waals surface area contributed by atoms with Crippen LogP contribution < -0.4 is 15.9 Å². The van der Waals surface area contributed by atoms with Gasteiger partial charge >= 0.3 is 5.69 Å². The number of carbonyl (C=O) groups is 1. The predicted octanol–water partition coefficient (Wildman–Crippen LogP) is 3.55. The second-order valence-electron chi connectivity index (χ2n) is 6.22. The lowest BCUT2D eigenvalue weighted by Gasteiger charge is -2.09. The Morgan fingerprint density at radius 2 is 2.12 bits per heavy atom. The molecule has 166 valence electrons. The summed E-state index contributed by atoms with van der Waals surface area (Å²) in [7, 11) is 1.50. The Bertz CT molecular complexity index is 1230. The van der Waals surface area contributed by atoms with Crippen molar-refractivity contribution in [1.29, 1.82) is 0 Å². The average Bonchev–Trinajstić information content (AvgIpc) is 3.24. The first-order valence-electron chi connectivity index (χ1n) is 8.68. The van der Waals surface area contributed by atoms with Crippen LogP contribution in [0.15, 0.2) is 35.7 Å². The Hall–Kier alpha value is -3.41. The lowest BCUT2D eigenvalue weighted by molar-refractivity contribution is -0.385. The summed E-state index contributed by atoms with van der Waals surface area (Å²) in [6.45, 7) is 0.215. The highest BCUT2D eigenvalue weighted by molar-refractivity contribution is 6.46. The summed E-state index contributed by atoms with van der Waals surface area (Å²) in [5.74, 6) is -0.194. The largest absolute Gasteiger partial charge is 0.496 e. The molecule has 0 aliphatic rings. The first-order chi connectivity index (χ1) is 15.2. The highest BCUT2D eigenvalue weighted by Crippen LogP contribution is 2.34. The van der Waals surface area contributed by atoms with Crippen LogP contribution in [0, 0.1) is 10.1 Å². The molecule has 0 saturated heterocycles. The van der Waals surface area contributed by atoms with E-state index in [1.807, 2.05) is 0 Å². The van der Waals surface area contributed by atoms with Gasteiger partial charge in [-0.3, -0.25) is 19.6 Å². The Balaban J connectivity index is 1.76. The zero-order valence-corrected chi connectivity index (χ0v) is 18.5. The highest BCUT2D eigenvalue weighted by Gasteiger charge is 2.19. The fourth-order valence-electron chi connectivity index (χ4n) is 2.61. The molecule has 3 rings (SSSR count). The maximum absolute atomic E-state index is 12.3. The molecule has 11 nitrogen and oxygen atoms in total. The van der Waals surface area contributed by atoms with Crippen LogP contribution in [0.25, 0.3) is 0 Å². The summed E-state index contributed by atoms with van der Waals surface area (Å²) in [5.41, 5.74) is 8.85.